The molecule has 1 aromatic rings. The van der Waals surface area contributed by atoms with Crippen molar-refractivity contribution in [2.45, 2.75) is 53.0 Å². The van der Waals surface area contributed by atoms with Crippen LogP contribution < -0.4 is 11.1 Å². The Kier molecular flexibility index (Phi) is 7.24. The van der Waals surface area contributed by atoms with Crippen LogP contribution in [0, 0.1) is 18.8 Å². The minimum atomic E-state index is 0.105. The molecule has 1 amide bonds. The third-order valence-corrected chi connectivity index (χ3v) is 4.97. The Morgan fingerprint density at radius 3 is 2.50 bits per heavy atom. The second-order valence-electron chi connectivity index (χ2n) is 5.86. The van der Waals surface area contributed by atoms with E-state index in [0.29, 0.717) is 24.8 Å². The smallest absolute Gasteiger partial charge is 0.220 e. The highest BCUT2D eigenvalue weighted by Gasteiger charge is 2.16. The summed E-state index contributed by atoms with van der Waals surface area (Å²) >= 11 is 1.74. The Morgan fingerprint density at radius 1 is 1.30 bits per heavy atom. The highest BCUT2D eigenvalue weighted by atomic mass is 32.1. The van der Waals surface area contributed by atoms with E-state index in [1.807, 2.05) is 6.92 Å². The van der Waals surface area contributed by atoms with E-state index in [-0.39, 0.29) is 11.9 Å². The first-order valence-corrected chi connectivity index (χ1v) is 8.31. The SMILES string of the molecule is Cc1ccc(C(C)NC(=O)CCC(CCN)C(C)C)s1. The molecule has 0 saturated heterocycles. The first kappa shape index (κ1) is 17.2. The van der Waals surface area contributed by atoms with Crippen LogP contribution in [0.5, 0.6) is 0 Å². The lowest BCUT2D eigenvalue weighted by atomic mass is 9.88. The lowest BCUT2D eigenvalue weighted by Crippen LogP contribution is -2.27. The predicted molar refractivity (Wildman–Crippen MR) is 86.8 cm³/mol. The Morgan fingerprint density at radius 2 is 2.00 bits per heavy atom. The standard InChI is InChI=1S/C16H28N2OS/c1-11(2)14(9-10-17)6-8-16(19)18-13(4)15-7-5-12(3)20-15/h5,7,11,13-14H,6,8-10,17H2,1-4H3,(H,18,19). The van der Waals surface area contributed by atoms with Gasteiger partial charge in [0.05, 0.1) is 6.04 Å². The van der Waals surface area contributed by atoms with Crippen molar-refractivity contribution in [3.8, 4) is 0 Å². The molecule has 0 aliphatic carbocycles. The lowest BCUT2D eigenvalue weighted by Gasteiger charge is -2.20. The van der Waals surface area contributed by atoms with Crippen LogP contribution in [0.15, 0.2) is 12.1 Å². The average Bonchev–Trinajstić information content (AvgIpc) is 2.80. The van der Waals surface area contributed by atoms with Gasteiger partial charge in [0.2, 0.25) is 5.91 Å². The van der Waals surface area contributed by atoms with Crippen molar-refractivity contribution >= 4 is 17.2 Å². The summed E-state index contributed by atoms with van der Waals surface area (Å²) in [5.41, 5.74) is 5.63. The summed E-state index contributed by atoms with van der Waals surface area (Å²) in [6.07, 6.45) is 2.53. The van der Waals surface area contributed by atoms with Gasteiger partial charge in [-0.15, -0.1) is 11.3 Å². The number of nitrogens with one attached hydrogen (secondary N) is 1. The van der Waals surface area contributed by atoms with Gasteiger partial charge in [-0.1, -0.05) is 13.8 Å². The van der Waals surface area contributed by atoms with Crippen molar-refractivity contribution in [3.63, 3.8) is 0 Å². The molecular weight excluding hydrogens is 268 g/mol. The van der Waals surface area contributed by atoms with Gasteiger partial charge in [0.1, 0.15) is 0 Å². The van der Waals surface area contributed by atoms with Crippen molar-refractivity contribution in [1.82, 2.24) is 5.32 Å². The Balaban J connectivity index is 2.39. The van der Waals surface area contributed by atoms with Gasteiger partial charge in [-0.3, -0.25) is 4.79 Å². The minimum absolute atomic E-state index is 0.105. The first-order valence-electron chi connectivity index (χ1n) is 7.49. The van der Waals surface area contributed by atoms with Crippen LogP contribution in [0.1, 0.15) is 55.8 Å². The molecule has 2 atom stereocenters. The van der Waals surface area contributed by atoms with Crippen molar-refractivity contribution in [2.24, 2.45) is 17.6 Å². The fourth-order valence-electron chi connectivity index (χ4n) is 2.41. The van der Waals surface area contributed by atoms with E-state index in [9.17, 15) is 4.79 Å². The monoisotopic (exact) mass is 296 g/mol. The summed E-state index contributed by atoms with van der Waals surface area (Å²) in [6.45, 7) is 9.24. The third kappa shape index (κ3) is 5.63. The molecule has 114 valence electrons. The van der Waals surface area contributed by atoms with Crippen LogP contribution in [0.25, 0.3) is 0 Å². The molecule has 1 heterocycles. The molecule has 0 radical (unpaired) electrons. The van der Waals surface area contributed by atoms with Crippen LogP contribution in [-0.2, 0) is 4.79 Å². The van der Waals surface area contributed by atoms with E-state index in [1.165, 1.54) is 9.75 Å². The van der Waals surface area contributed by atoms with Crippen LogP contribution in [0.4, 0.5) is 0 Å². The lowest BCUT2D eigenvalue weighted by molar-refractivity contribution is -0.122. The maximum Gasteiger partial charge on any atom is 0.220 e. The zero-order chi connectivity index (χ0) is 15.1. The number of thiophene rings is 1. The van der Waals surface area contributed by atoms with E-state index >= 15 is 0 Å². The van der Waals surface area contributed by atoms with Gasteiger partial charge in [0, 0.05) is 16.2 Å². The zero-order valence-corrected chi connectivity index (χ0v) is 13.9. The molecule has 0 spiro atoms. The van der Waals surface area contributed by atoms with Gasteiger partial charge in [-0.05, 0) is 57.2 Å². The van der Waals surface area contributed by atoms with Gasteiger partial charge >= 0.3 is 0 Å². The largest absolute Gasteiger partial charge is 0.349 e. The maximum atomic E-state index is 12.0. The molecule has 0 aliphatic rings. The van der Waals surface area contributed by atoms with Crippen molar-refractivity contribution < 1.29 is 4.79 Å². The second-order valence-corrected chi connectivity index (χ2v) is 7.18. The number of hydrogen-bond donors (Lipinski definition) is 2. The maximum absolute atomic E-state index is 12.0. The van der Waals surface area contributed by atoms with Crippen LogP contribution in [0.3, 0.4) is 0 Å². The number of aryl methyl sites for hydroxylation is 1. The van der Waals surface area contributed by atoms with E-state index in [2.05, 4.69) is 38.2 Å². The number of rotatable bonds is 8. The molecule has 3 nitrogen and oxygen atoms in total. The third-order valence-electron chi connectivity index (χ3n) is 3.79. The number of carbonyl (C=O) groups excluding carboxylic acids is 1. The second kappa shape index (κ2) is 8.42. The van der Waals surface area contributed by atoms with Crippen molar-refractivity contribution in [2.75, 3.05) is 6.54 Å². The first-order chi connectivity index (χ1) is 9.43. The molecule has 0 aromatic carbocycles. The summed E-state index contributed by atoms with van der Waals surface area (Å²) < 4.78 is 0. The summed E-state index contributed by atoms with van der Waals surface area (Å²) in [5, 5.41) is 3.09. The van der Waals surface area contributed by atoms with Crippen LogP contribution >= 0.6 is 11.3 Å². The molecule has 1 aromatic heterocycles. The van der Waals surface area contributed by atoms with E-state index in [0.717, 1.165) is 12.8 Å². The van der Waals surface area contributed by atoms with E-state index in [1.54, 1.807) is 11.3 Å². The fraction of sp³-hybridized carbons (Fsp3) is 0.688. The molecule has 0 saturated carbocycles. The summed E-state index contributed by atoms with van der Waals surface area (Å²) in [4.78, 5) is 14.5. The van der Waals surface area contributed by atoms with Gasteiger partial charge in [0.25, 0.3) is 0 Å². The minimum Gasteiger partial charge on any atom is -0.349 e. The van der Waals surface area contributed by atoms with Gasteiger partial charge in [0.15, 0.2) is 0 Å². The molecule has 4 heteroatoms. The summed E-state index contributed by atoms with van der Waals surface area (Å²) in [6, 6.07) is 4.29. The van der Waals surface area contributed by atoms with Crippen LogP contribution in [-0.4, -0.2) is 12.5 Å². The average molecular weight is 296 g/mol. The van der Waals surface area contributed by atoms with Crippen molar-refractivity contribution in [1.29, 1.82) is 0 Å². The molecular formula is C16H28N2OS. The molecule has 2 unspecified atom stereocenters. The summed E-state index contributed by atoms with van der Waals surface area (Å²) in [7, 11) is 0. The van der Waals surface area contributed by atoms with Crippen LogP contribution in [0.2, 0.25) is 0 Å². The predicted octanol–water partition coefficient (Wildman–Crippen LogP) is 3.63. The molecule has 3 N–H and O–H groups in total. The fourth-order valence-corrected chi connectivity index (χ4v) is 3.29. The van der Waals surface area contributed by atoms with Gasteiger partial charge in [-0.2, -0.15) is 0 Å². The molecule has 0 aliphatic heterocycles. The van der Waals surface area contributed by atoms with Crippen molar-refractivity contribution in [3.05, 3.63) is 21.9 Å². The Hall–Kier alpha value is -0.870. The number of hydrogen-bond acceptors (Lipinski definition) is 3. The normalized spacial score (nSPS) is 14.3. The van der Waals surface area contributed by atoms with Gasteiger partial charge in [-0.25, -0.2) is 0 Å². The van der Waals surface area contributed by atoms with E-state index < -0.39 is 0 Å². The highest BCUT2D eigenvalue weighted by Crippen LogP contribution is 2.23. The number of nitrogens with two attached hydrogens (primary N) is 1. The quantitative estimate of drug-likeness (QED) is 0.769. The Labute approximate surface area is 127 Å². The Bertz CT molecular complexity index is 414. The number of carbonyl (C=O) groups is 1. The zero-order valence-electron chi connectivity index (χ0n) is 13.1. The molecule has 0 bridgehead atoms. The van der Waals surface area contributed by atoms with Gasteiger partial charge < -0.3 is 11.1 Å². The van der Waals surface area contributed by atoms with E-state index in [4.69, 9.17) is 5.73 Å². The molecule has 0 fully saturated rings. The molecule has 1 rings (SSSR count). The highest BCUT2D eigenvalue weighted by molar-refractivity contribution is 7.12. The molecule has 20 heavy (non-hydrogen) atoms. The number of amides is 1. The topological polar surface area (TPSA) is 55.1 Å². The summed E-state index contributed by atoms with van der Waals surface area (Å²) in [5.74, 6) is 1.28.